The summed E-state index contributed by atoms with van der Waals surface area (Å²) in [5.74, 6) is 0. The van der Waals surface area contributed by atoms with E-state index in [-0.39, 0.29) is 0 Å². The van der Waals surface area contributed by atoms with Crippen LogP contribution >= 0.6 is 27.5 Å². The molecule has 0 saturated heterocycles. The Morgan fingerprint density at radius 3 is 2.44 bits per heavy atom. The summed E-state index contributed by atoms with van der Waals surface area (Å²) in [5.41, 5.74) is 0. The SMILES string of the molecule is Clc1c(Br)c2ccccc2c2ccc[c]c12. The summed E-state index contributed by atoms with van der Waals surface area (Å²) >= 11 is 9.88. The lowest BCUT2D eigenvalue weighted by Gasteiger charge is -2.08. The molecule has 0 saturated carbocycles. The van der Waals surface area contributed by atoms with E-state index in [4.69, 9.17) is 11.6 Å². The molecule has 0 aromatic heterocycles. The fourth-order valence-corrected chi connectivity index (χ4v) is 2.78. The molecule has 0 aliphatic rings. The Morgan fingerprint density at radius 2 is 1.62 bits per heavy atom. The fraction of sp³-hybridized carbons (Fsp3) is 0. The van der Waals surface area contributed by atoms with Gasteiger partial charge in [-0.1, -0.05) is 54.1 Å². The van der Waals surface area contributed by atoms with Crippen LogP contribution < -0.4 is 0 Å². The van der Waals surface area contributed by atoms with Crippen LogP contribution in [0.15, 0.2) is 46.9 Å². The maximum Gasteiger partial charge on any atom is 0.0639 e. The molecule has 0 aliphatic heterocycles. The van der Waals surface area contributed by atoms with Crippen molar-refractivity contribution >= 4 is 49.1 Å². The third-order valence-corrected chi connectivity index (χ3v) is 4.15. The van der Waals surface area contributed by atoms with Gasteiger partial charge in [-0.3, -0.25) is 0 Å². The third-order valence-electron chi connectivity index (χ3n) is 2.72. The first-order valence-corrected chi connectivity index (χ1v) is 6.12. The molecule has 0 unspecified atom stereocenters. The monoisotopic (exact) mass is 289 g/mol. The van der Waals surface area contributed by atoms with Crippen molar-refractivity contribution in [3.63, 3.8) is 0 Å². The highest BCUT2D eigenvalue weighted by Crippen LogP contribution is 2.38. The van der Waals surface area contributed by atoms with E-state index in [2.05, 4.69) is 40.2 Å². The first-order chi connectivity index (χ1) is 7.79. The van der Waals surface area contributed by atoms with E-state index in [0.717, 1.165) is 25.7 Å². The Balaban J connectivity index is 2.69. The summed E-state index contributed by atoms with van der Waals surface area (Å²) in [7, 11) is 0. The topological polar surface area (TPSA) is 0 Å². The van der Waals surface area contributed by atoms with Gasteiger partial charge in [0.1, 0.15) is 0 Å². The number of halogens is 2. The predicted octanol–water partition coefficient (Wildman–Crippen LogP) is 5.21. The molecule has 16 heavy (non-hydrogen) atoms. The quantitative estimate of drug-likeness (QED) is 0.499. The minimum Gasteiger partial charge on any atom is -0.0824 e. The zero-order chi connectivity index (χ0) is 11.1. The molecule has 0 aliphatic carbocycles. The van der Waals surface area contributed by atoms with Gasteiger partial charge >= 0.3 is 0 Å². The van der Waals surface area contributed by atoms with Crippen LogP contribution in [0.5, 0.6) is 0 Å². The summed E-state index contributed by atoms with van der Waals surface area (Å²) < 4.78 is 0.944. The molecule has 0 nitrogen and oxygen atoms in total. The Bertz CT molecular complexity index is 628. The van der Waals surface area contributed by atoms with Gasteiger partial charge in [0.2, 0.25) is 0 Å². The highest BCUT2D eigenvalue weighted by molar-refractivity contribution is 9.10. The van der Waals surface area contributed by atoms with Gasteiger partial charge < -0.3 is 0 Å². The molecule has 2 heteroatoms. The third kappa shape index (κ3) is 1.35. The summed E-state index contributed by atoms with van der Waals surface area (Å²) in [6.45, 7) is 0. The molecule has 3 aromatic carbocycles. The standard InChI is InChI=1S/C14H7BrCl/c15-13-11-7-3-1-5-9(11)10-6-2-4-8-12(10)14(13)16/h1-7H. The fourth-order valence-electron chi connectivity index (χ4n) is 1.98. The van der Waals surface area contributed by atoms with Crippen LogP contribution in [-0.2, 0) is 0 Å². The Morgan fingerprint density at radius 1 is 0.938 bits per heavy atom. The smallest absolute Gasteiger partial charge is 0.0639 e. The van der Waals surface area contributed by atoms with E-state index < -0.39 is 0 Å². The first-order valence-electron chi connectivity index (χ1n) is 4.95. The summed E-state index contributed by atoms with van der Waals surface area (Å²) in [4.78, 5) is 0. The Hall–Kier alpha value is -1.05. The molecule has 1 radical (unpaired) electrons. The molecular formula is C14H7BrCl. The van der Waals surface area contributed by atoms with E-state index in [9.17, 15) is 0 Å². The molecule has 3 rings (SSSR count). The van der Waals surface area contributed by atoms with Gasteiger partial charge in [-0.2, -0.15) is 0 Å². The minimum absolute atomic E-state index is 0.731. The van der Waals surface area contributed by atoms with Crippen molar-refractivity contribution in [3.05, 3.63) is 58.0 Å². The van der Waals surface area contributed by atoms with Gasteiger partial charge in [-0.05, 0) is 38.2 Å². The van der Waals surface area contributed by atoms with Crippen molar-refractivity contribution in [1.29, 1.82) is 0 Å². The zero-order valence-electron chi connectivity index (χ0n) is 8.30. The summed E-state index contributed by atoms with van der Waals surface area (Å²) in [6.07, 6.45) is 0. The second kappa shape index (κ2) is 3.76. The van der Waals surface area contributed by atoms with Crippen LogP contribution in [0, 0.1) is 6.07 Å². The van der Waals surface area contributed by atoms with Crippen molar-refractivity contribution in [2.45, 2.75) is 0 Å². The molecule has 0 spiro atoms. The lowest BCUT2D eigenvalue weighted by Crippen LogP contribution is -1.81. The highest BCUT2D eigenvalue weighted by Gasteiger charge is 2.09. The first kappa shape index (κ1) is 10.1. The van der Waals surface area contributed by atoms with E-state index in [1.54, 1.807) is 0 Å². The molecule has 0 heterocycles. The average Bonchev–Trinajstić information content (AvgIpc) is 2.36. The zero-order valence-corrected chi connectivity index (χ0v) is 10.6. The van der Waals surface area contributed by atoms with Crippen molar-refractivity contribution < 1.29 is 0 Å². The number of fused-ring (bicyclic) bond motifs is 3. The largest absolute Gasteiger partial charge is 0.0824 e. The van der Waals surface area contributed by atoms with Gasteiger partial charge in [0.15, 0.2) is 0 Å². The van der Waals surface area contributed by atoms with Gasteiger partial charge in [-0.15, -0.1) is 0 Å². The van der Waals surface area contributed by atoms with Crippen molar-refractivity contribution in [2.75, 3.05) is 0 Å². The number of benzene rings is 3. The van der Waals surface area contributed by atoms with Crippen LogP contribution in [0.1, 0.15) is 0 Å². The Kier molecular flexibility index (Phi) is 2.38. The van der Waals surface area contributed by atoms with Crippen LogP contribution in [0.3, 0.4) is 0 Å². The maximum absolute atomic E-state index is 6.33. The molecular weight excluding hydrogens is 284 g/mol. The molecule has 77 valence electrons. The van der Waals surface area contributed by atoms with Crippen molar-refractivity contribution in [2.24, 2.45) is 0 Å². The lowest BCUT2D eigenvalue weighted by atomic mass is 10.0. The van der Waals surface area contributed by atoms with Gasteiger partial charge in [0.05, 0.1) is 5.02 Å². The van der Waals surface area contributed by atoms with E-state index >= 15 is 0 Å². The van der Waals surface area contributed by atoms with E-state index in [1.165, 1.54) is 5.39 Å². The summed E-state index contributed by atoms with van der Waals surface area (Å²) in [5, 5.41) is 5.18. The molecule has 3 aromatic rings. The lowest BCUT2D eigenvalue weighted by molar-refractivity contribution is 1.73. The molecule has 0 bridgehead atoms. The number of hydrogen-bond acceptors (Lipinski definition) is 0. The van der Waals surface area contributed by atoms with Crippen LogP contribution in [-0.4, -0.2) is 0 Å². The number of rotatable bonds is 0. The van der Waals surface area contributed by atoms with Crippen molar-refractivity contribution in [3.8, 4) is 0 Å². The van der Waals surface area contributed by atoms with E-state index in [0.29, 0.717) is 0 Å². The minimum atomic E-state index is 0.731. The summed E-state index contributed by atoms with van der Waals surface area (Å²) in [6, 6.07) is 17.4. The average molecular weight is 291 g/mol. The molecule has 0 atom stereocenters. The predicted molar refractivity (Wildman–Crippen MR) is 73.0 cm³/mol. The second-order valence-electron chi connectivity index (χ2n) is 3.63. The van der Waals surface area contributed by atoms with Gasteiger partial charge in [0, 0.05) is 9.86 Å². The Labute approximate surface area is 107 Å². The van der Waals surface area contributed by atoms with Gasteiger partial charge in [-0.25, -0.2) is 0 Å². The van der Waals surface area contributed by atoms with Crippen molar-refractivity contribution in [1.82, 2.24) is 0 Å². The molecule has 0 fully saturated rings. The van der Waals surface area contributed by atoms with Crippen LogP contribution in [0.2, 0.25) is 5.02 Å². The van der Waals surface area contributed by atoms with Gasteiger partial charge in [0.25, 0.3) is 0 Å². The molecule has 0 N–H and O–H groups in total. The van der Waals surface area contributed by atoms with E-state index in [1.807, 2.05) is 24.3 Å². The normalized spacial score (nSPS) is 11.1. The van der Waals surface area contributed by atoms with Crippen LogP contribution in [0.25, 0.3) is 21.5 Å². The number of hydrogen-bond donors (Lipinski definition) is 0. The molecule has 0 amide bonds. The maximum atomic E-state index is 6.33. The highest BCUT2D eigenvalue weighted by atomic mass is 79.9. The van der Waals surface area contributed by atoms with Crippen LogP contribution in [0.4, 0.5) is 0 Å². The second-order valence-corrected chi connectivity index (χ2v) is 4.80.